The van der Waals surface area contributed by atoms with Crippen molar-refractivity contribution in [3.05, 3.63) is 107 Å². The predicted molar refractivity (Wildman–Crippen MR) is 94.8 cm³/mol. The van der Waals surface area contributed by atoms with E-state index >= 15 is 0 Å². The van der Waals surface area contributed by atoms with Crippen molar-refractivity contribution in [2.24, 2.45) is 0 Å². The molecule has 3 aromatic rings. The van der Waals surface area contributed by atoms with Crippen molar-refractivity contribution in [1.29, 1.82) is 0 Å². The van der Waals surface area contributed by atoms with Gasteiger partial charge in [-0.3, -0.25) is 4.79 Å². The van der Waals surface area contributed by atoms with Crippen LogP contribution in [0, 0.1) is 0 Å². The minimum Gasteiger partial charge on any atom is -0.376 e. The van der Waals surface area contributed by atoms with E-state index in [-0.39, 0.29) is 5.91 Å². The number of carbonyl (C=O) groups is 1. The van der Waals surface area contributed by atoms with Crippen molar-refractivity contribution >= 4 is 5.91 Å². The van der Waals surface area contributed by atoms with Crippen LogP contribution in [0.15, 0.2) is 84.9 Å². The molecule has 0 atom stereocenters. The third-order valence-electron chi connectivity index (χ3n) is 4.17. The van der Waals surface area contributed by atoms with E-state index in [0.717, 1.165) is 0 Å². The molecule has 3 rings (SSSR count). The lowest BCUT2D eigenvalue weighted by Gasteiger charge is -2.31. The summed E-state index contributed by atoms with van der Waals surface area (Å²) in [4.78, 5) is 12.3. The van der Waals surface area contributed by atoms with E-state index in [1.807, 2.05) is 66.7 Å². The van der Waals surface area contributed by atoms with E-state index in [1.54, 1.807) is 25.2 Å². The number of amides is 1. The van der Waals surface area contributed by atoms with Gasteiger partial charge in [-0.15, -0.1) is 0 Å². The van der Waals surface area contributed by atoms with Crippen molar-refractivity contribution in [1.82, 2.24) is 5.32 Å². The molecule has 0 aliphatic rings. The first kappa shape index (κ1) is 16.0. The van der Waals surface area contributed by atoms with Crippen molar-refractivity contribution in [2.75, 3.05) is 7.05 Å². The van der Waals surface area contributed by atoms with Gasteiger partial charge >= 0.3 is 0 Å². The fourth-order valence-electron chi connectivity index (χ4n) is 2.97. The number of rotatable bonds is 4. The highest BCUT2D eigenvalue weighted by Gasteiger charge is 2.36. The zero-order chi connectivity index (χ0) is 17.0. The van der Waals surface area contributed by atoms with Gasteiger partial charge in [0, 0.05) is 18.2 Å². The van der Waals surface area contributed by atoms with E-state index in [0.29, 0.717) is 22.3 Å². The lowest BCUT2D eigenvalue weighted by atomic mass is 9.78. The molecule has 0 heterocycles. The maximum Gasteiger partial charge on any atom is 0.251 e. The van der Waals surface area contributed by atoms with Crippen LogP contribution in [0.1, 0.15) is 27.0 Å². The molecule has 0 aromatic heterocycles. The Bertz CT molecular complexity index is 789. The number of nitrogens with one attached hydrogen (secondary N) is 1. The Balaban J connectivity index is 2.31. The predicted octanol–water partition coefficient (Wildman–Crippen LogP) is 3.33. The highest BCUT2D eigenvalue weighted by Crippen LogP contribution is 2.38. The standard InChI is InChI=1S/C21H19NO2/c1-22-20(23)18-14-8-9-15-19(18)21(24,16-10-4-2-5-11-16)17-12-6-3-7-13-17/h2-15,24H,1H3,(H,22,23). The highest BCUT2D eigenvalue weighted by atomic mass is 16.3. The van der Waals surface area contributed by atoms with E-state index in [2.05, 4.69) is 5.32 Å². The summed E-state index contributed by atoms with van der Waals surface area (Å²) in [6.45, 7) is 0. The van der Waals surface area contributed by atoms with Crippen molar-refractivity contribution in [3.63, 3.8) is 0 Å². The molecular formula is C21H19NO2. The fraction of sp³-hybridized carbons (Fsp3) is 0.0952. The summed E-state index contributed by atoms with van der Waals surface area (Å²) >= 11 is 0. The van der Waals surface area contributed by atoms with Gasteiger partial charge in [0.1, 0.15) is 5.60 Å². The van der Waals surface area contributed by atoms with E-state index < -0.39 is 5.60 Å². The maximum absolute atomic E-state index is 12.3. The van der Waals surface area contributed by atoms with Gasteiger partial charge in [0.15, 0.2) is 0 Å². The monoisotopic (exact) mass is 317 g/mol. The number of benzene rings is 3. The lowest BCUT2D eigenvalue weighted by molar-refractivity contribution is 0.0940. The summed E-state index contributed by atoms with van der Waals surface area (Å²) < 4.78 is 0. The summed E-state index contributed by atoms with van der Waals surface area (Å²) in [5.41, 5.74) is 1.03. The Morgan fingerprint density at radius 1 is 0.792 bits per heavy atom. The second kappa shape index (κ2) is 6.69. The number of hydrogen-bond donors (Lipinski definition) is 2. The largest absolute Gasteiger partial charge is 0.376 e. The summed E-state index contributed by atoms with van der Waals surface area (Å²) in [6, 6.07) is 26.0. The van der Waals surface area contributed by atoms with Crippen molar-refractivity contribution < 1.29 is 9.90 Å². The molecule has 0 fully saturated rings. The molecule has 0 radical (unpaired) electrons. The van der Waals surface area contributed by atoms with Crippen LogP contribution in [0.3, 0.4) is 0 Å². The zero-order valence-corrected chi connectivity index (χ0v) is 13.4. The summed E-state index contributed by atoms with van der Waals surface area (Å²) in [7, 11) is 1.59. The minimum absolute atomic E-state index is 0.226. The first-order valence-electron chi connectivity index (χ1n) is 7.83. The maximum atomic E-state index is 12.3. The van der Waals surface area contributed by atoms with Gasteiger partial charge in [0.25, 0.3) is 5.91 Å². The SMILES string of the molecule is CNC(=O)c1ccccc1C(O)(c1ccccc1)c1ccccc1. The Morgan fingerprint density at radius 3 is 1.75 bits per heavy atom. The molecule has 0 saturated heterocycles. The normalized spacial score (nSPS) is 11.1. The van der Waals surface area contributed by atoms with Gasteiger partial charge < -0.3 is 10.4 Å². The Labute approximate surface area is 141 Å². The molecule has 3 nitrogen and oxygen atoms in total. The summed E-state index contributed by atoms with van der Waals surface area (Å²) in [6.07, 6.45) is 0. The van der Waals surface area contributed by atoms with Gasteiger partial charge in [-0.05, 0) is 17.2 Å². The minimum atomic E-state index is -1.41. The molecule has 0 aliphatic carbocycles. The first-order valence-corrected chi connectivity index (χ1v) is 7.83. The van der Waals surface area contributed by atoms with Gasteiger partial charge in [0.2, 0.25) is 0 Å². The average molecular weight is 317 g/mol. The molecule has 1 amide bonds. The van der Waals surface area contributed by atoms with Crippen LogP contribution in [-0.4, -0.2) is 18.1 Å². The second-order valence-corrected chi connectivity index (χ2v) is 5.57. The molecule has 0 unspecified atom stereocenters. The molecular weight excluding hydrogens is 298 g/mol. The smallest absolute Gasteiger partial charge is 0.251 e. The molecule has 0 bridgehead atoms. The van der Waals surface area contributed by atoms with Gasteiger partial charge in [-0.25, -0.2) is 0 Å². The van der Waals surface area contributed by atoms with Crippen LogP contribution >= 0.6 is 0 Å². The van der Waals surface area contributed by atoms with Gasteiger partial charge in [-0.1, -0.05) is 78.9 Å². The molecule has 3 heteroatoms. The quantitative estimate of drug-likeness (QED) is 0.725. The van der Waals surface area contributed by atoms with E-state index in [1.165, 1.54) is 0 Å². The molecule has 0 spiro atoms. The summed E-state index contributed by atoms with van der Waals surface area (Å²) in [5.74, 6) is -0.226. The zero-order valence-electron chi connectivity index (χ0n) is 13.4. The van der Waals surface area contributed by atoms with Crippen LogP contribution in [0.5, 0.6) is 0 Å². The molecule has 0 aliphatic heterocycles. The van der Waals surface area contributed by atoms with E-state index in [4.69, 9.17) is 0 Å². The number of carbonyl (C=O) groups excluding carboxylic acids is 1. The Hall–Kier alpha value is -2.91. The second-order valence-electron chi connectivity index (χ2n) is 5.57. The van der Waals surface area contributed by atoms with Crippen LogP contribution in [0.25, 0.3) is 0 Å². The van der Waals surface area contributed by atoms with Crippen LogP contribution < -0.4 is 5.32 Å². The third kappa shape index (κ3) is 2.70. The molecule has 3 aromatic carbocycles. The first-order chi connectivity index (χ1) is 11.7. The lowest BCUT2D eigenvalue weighted by Crippen LogP contribution is -2.32. The van der Waals surface area contributed by atoms with Crippen LogP contribution in [-0.2, 0) is 5.60 Å². The van der Waals surface area contributed by atoms with Crippen molar-refractivity contribution in [2.45, 2.75) is 5.60 Å². The number of aliphatic hydroxyl groups is 1. The molecule has 0 saturated carbocycles. The molecule has 24 heavy (non-hydrogen) atoms. The van der Waals surface area contributed by atoms with Crippen LogP contribution in [0.4, 0.5) is 0 Å². The Morgan fingerprint density at radius 2 is 1.25 bits per heavy atom. The van der Waals surface area contributed by atoms with Gasteiger partial charge in [-0.2, -0.15) is 0 Å². The third-order valence-corrected chi connectivity index (χ3v) is 4.17. The van der Waals surface area contributed by atoms with E-state index in [9.17, 15) is 9.90 Å². The Kier molecular flexibility index (Phi) is 4.45. The topological polar surface area (TPSA) is 49.3 Å². The van der Waals surface area contributed by atoms with Crippen LogP contribution in [0.2, 0.25) is 0 Å². The summed E-state index contributed by atoms with van der Waals surface area (Å²) in [5, 5.41) is 14.4. The van der Waals surface area contributed by atoms with Gasteiger partial charge in [0.05, 0.1) is 0 Å². The molecule has 2 N–H and O–H groups in total. The average Bonchev–Trinajstić information content (AvgIpc) is 2.68. The molecule has 120 valence electrons. The highest BCUT2D eigenvalue weighted by molar-refractivity contribution is 5.96. The van der Waals surface area contributed by atoms with Crippen molar-refractivity contribution in [3.8, 4) is 0 Å². The number of hydrogen-bond acceptors (Lipinski definition) is 2. The fourth-order valence-corrected chi connectivity index (χ4v) is 2.97.